The summed E-state index contributed by atoms with van der Waals surface area (Å²) in [5, 5.41) is 1.80. The van der Waals surface area contributed by atoms with Crippen LogP contribution < -0.4 is 0 Å². The van der Waals surface area contributed by atoms with Crippen molar-refractivity contribution >= 4 is 10.8 Å². The van der Waals surface area contributed by atoms with Gasteiger partial charge in [-0.1, -0.05) is 50.8 Å². The third-order valence-corrected chi connectivity index (χ3v) is 6.50. The smallest absolute Gasteiger partial charge is 0.194 e. The maximum Gasteiger partial charge on any atom is 0.194 e. The van der Waals surface area contributed by atoms with E-state index in [1.165, 1.54) is 6.07 Å². The molecule has 3 aromatic rings. The van der Waals surface area contributed by atoms with Gasteiger partial charge >= 0.3 is 0 Å². The number of rotatable bonds is 6. The van der Waals surface area contributed by atoms with Crippen molar-refractivity contribution in [3.63, 3.8) is 0 Å². The summed E-state index contributed by atoms with van der Waals surface area (Å²) in [6.45, 7) is 2.16. The van der Waals surface area contributed by atoms with Gasteiger partial charge in [0.15, 0.2) is 17.5 Å². The molecule has 0 aliphatic heterocycles. The van der Waals surface area contributed by atoms with Crippen LogP contribution in [-0.2, 0) is 6.42 Å². The maximum atomic E-state index is 14.1. The molecular weight excluding hydrogens is 388 g/mol. The van der Waals surface area contributed by atoms with E-state index in [9.17, 15) is 17.6 Å². The van der Waals surface area contributed by atoms with Crippen molar-refractivity contribution in [3.8, 4) is 0 Å². The number of fused-ring (bicyclic) bond motifs is 3. The zero-order valence-electron chi connectivity index (χ0n) is 17.2. The number of unbranched alkanes of at least 4 members (excludes halogenated alkanes) is 3. The summed E-state index contributed by atoms with van der Waals surface area (Å²) in [7, 11) is 0. The van der Waals surface area contributed by atoms with Crippen LogP contribution in [0.4, 0.5) is 17.6 Å². The molecule has 4 heteroatoms. The minimum atomic E-state index is -1.44. The number of halogens is 4. The second-order valence-corrected chi connectivity index (χ2v) is 8.42. The van der Waals surface area contributed by atoms with Crippen LogP contribution in [0.25, 0.3) is 10.8 Å². The van der Waals surface area contributed by atoms with Crippen LogP contribution in [0.5, 0.6) is 0 Å². The fraction of sp³-hybridized carbons (Fsp3) is 0.385. The molecule has 0 aromatic heterocycles. The maximum absolute atomic E-state index is 14.1. The fourth-order valence-corrected chi connectivity index (χ4v) is 5.04. The van der Waals surface area contributed by atoms with Gasteiger partial charge in [0.05, 0.1) is 0 Å². The lowest BCUT2D eigenvalue weighted by atomic mass is 9.69. The van der Waals surface area contributed by atoms with Crippen LogP contribution in [-0.4, -0.2) is 0 Å². The summed E-state index contributed by atoms with van der Waals surface area (Å²) in [5.41, 5.74) is 2.47. The van der Waals surface area contributed by atoms with Gasteiger partial charge in [0.2, 0.25) is 0 Å². The summed E-state index contributed by atoms with van der Waals surface area (Å²) in [6, 6.07) is 10.9. The normalized spacial score (nSPS) is 18.6. The zero-order chi connectivity index (χ0) is 21.3. The molecule has 0 amide bonds. The first-order valence-corrected chi connectivity index (χ1v) is 10.8. The Bertz CT molecular complexity index is 1030. The molecule has 3 aromatic carbocycles. The fourth-order valence-electron chi connectivity index (χ4n) is 5.04. The number of hydrogen-bond donors (Lipinski definition) is 0. The van der Waals surface area contributed by atoms with Crippen LogP contribution in [0.2, 0.25) is 0 Å². The average Bonchev–Trinajstić information content (AvgIpc) is 2.74. The van der Waals surface area contributed by atoms with E-state index in [-0.39, 0.29) is 17.7 Å². The molecular formula is C26H26F4. The molecule has 0 saturated heterocycles. The minimum Gasteiger partial charge on any atom is -0.207 e. The molecule has 0 heterocycles. The van der Waals surface area contributed by atoms with Crippen LogP contribution in [0.1, 0.15) is 68.1 Å². The Morgan fingerprint density at radius 3 is 2.33 bits per heavy atom. The van der Waals surface area contributed by atoms with Crippen molar-refractivity contribution in [1.29, 1.82) is 0 Å². The first kappa shape index (κ1) is 20.9. The van der Waals surface area contributed by atoms with E-state index < -0.39 is 17.5 Å². The van der Waals surface area contributed by atoms with Crippen LogP contribution >= 0.6 is 0 Å². The highest BCUT2D eigenvalue weighted by atomic mass is 19.2. The van der Waals surface area contributed by atoms with Gasteiger partial charge in [0.25, 0.3) is 0 Å². The van der Waals surface area contributed by atoms with Gasteiger partial charge in [-0.05, 0) is 76.9 Å². The molecule has 1 aliphatic rings. The molecule has 0 fully saturated rings. The van der Waals surface area contributed by atoms with E-state index in [4.69, 9.17) is 0 Å². The van der Waals surface area contributed by atoms with Gasteiger partial charge in [0, 0.05) is 5.92 Å². The van der Waals surface area contributed by atoms with E-state index >= 15 is 0 Å². The quantitative estimate of drug-likeness (QED) is 0.217. The third-order valence-electron chi connectivity index (χ3n) is 6.50. The summed E-state index contributed by atoms with van der Waals surface area (Å²) in [6.07, 6.45) is 7.10. The Kier molecular flexibility index (Phi) is 6.12. The van der Waals surface area contributed by atoms with Gasteiger partial charge in [-0.3, -0.25) is 0 Å². The highest BCUT2D eigenvalue weighted by molar-refractivity contribution is 5.87. The Balaban J connectivity index is 1.81. The molecule has 158 valence electrons. The molecule has 0 spiro atoms. The highest BCUT2D eigenvalue weighted by Crippen LogP contribution is 2.45. The molecule has 4 rings (SSSR count). The Morgan fingerprint density at radius 1 is 0.867 bits per heavy atom. The minimum absolute atomic E-state index is 0.213. The van der Waals surface area contributed by atoms with Crippen molar-refractivity contribution < 1.29 is 17.6 Å². The van der Waals surface area contributed by atoms with Crippen molar-refractivity contribution in [1.82, 2.24) is 0 Å². The summed E-state index contributed by atoms with van der Waals surface area (Å²) in [4.78, 5) is 0. The highest BCUT2D eigenvalue weighted by Gasteiger charge is 2.32. The third kappa shape index (κ3) is 3.97. The van der Waals surface area contributed by atoms with E-state index in [0.717, 1.165) is 79.0 Å². The second kappa shape index (κ2) is 8.79. The number of hydrogen-bond acceptors (Lipinski definition) is 0. The standard InChI is InChI=1S/C26H26F4/c1-2-3-4-5-6-17-9-11-20-21(12-8-16-7-10-19(27)15-22(16)20)25(17)18-13-23(28)26(30)24(29)14-18/h7-8,10,12-15,17,25H,2-6,9,11H2,1H3/t17-,25-/m1/s1. The van der Waals surface area contributed by atoms with Crippen molar-refractivity contribution in [2.24, 2.45) is 5.92 Å². The molecule has 0 saturated carbocycles. The SMILES string of the molecule is CCCCCC[C@@H]1CCc2c(ccc3ccc(F)cc23)[C@H]1c1cc(F)c(F)c(F)c1. The molecule has 0 N–H and O–H groups in total. The molecule has 2 atom stereocenters. The first-order valence-electron chi connectivity index (χ1n) is 10.8. The lowest BCUT2D eigenvalue weighted by molar-refractivity contribution is 0.364. The van der Waals surface area contributed by atoms with Gasteiger partial charge < -0.3 is 0 Å². The Hall–Kier alpha value is -2.36. The average molecular weight is 414 g/mol. The van der Waals surface area contributed by atoms with Gasteiger partial charge in [-0.15, -0.1) is 0 Å². The predicted octanol–water partition coefficient (Wildman–Crippen LogP) is 8.06. The van der Waals surface area contributed by atoms with E-state index in [2.05, 4.69) is 6.92 Å². The summed E-state index contributed by atoms with van der Waals surface area (Å²) >= 11 is 0. The molecule has 0 bridgehead atoms. The van der Waals surface area contributed by atoms with Crippen molar-refractivity contribution in [2.75, 3.05) is 0 Å². The van der Waals surface area contributed by atoms with E-state index in [1.807, 2.05) is 12.1 Å². The Morgan fingerprint density at radius 2 is 1.60 bits per heavy atom. The Labute approximate surface area is 174 Å². The predicted molar refractivity (Wildman–Crippen MR) is 113 cm³/mol. The van der Waals surface area contributed by atoms with Gasteiger partial charge in [0.1, 0.15) is 5.82 Å². The molecule has 0 unspecified atom stereocenters. The summed E-state index contributed by atoms with van der Waals surface area (Å²) < 4.78 is 55.8. The molecule has 30 heavy (non-hydrogen) atoms. The number of aryl methyl sites for hydroxylation is 1. The molecule has 0 nitrogen and oxygen atoms in total. The van der Waals surface area contributed by atoms with Crippen LogP contribution in [0, 0.1) is 29.2 Å². The molecule has 0 radical (unpaired) electrons. The topological polar surface area (TPSA) is 0 Å². The van der Waals surface area contributed by atoms with Crippen molar-refractivity contribution in [3.05, 3.63) is 82.4 Å². The van der Waals surface area contributed by atoms with Crippen molar-refractivity contribution in [2.45, 2.75) is 57.8 Å². The zero-order valence-corrected chi connectivity index (χ0v) is 17.2. The largest absolute Gasteiger partial charge is 0.207 e. The van der Waals surface area contributed by atoms with E-state index in [1.54, 1.807) is 12.1 Å². The van der Waals surface area contributed by atoms with Gasteiger partial charge in [-0.25, -0.2) is 17.6 Å². The summed E-state index contributed by atoms with van der Waals surface area (Å²) in [5.74, 6) is -4.07. The van der Waals surface area contributed by atoms with E-state index in [0.29, 0.717) is 5.56 Å². The first-order chi connectivity index (χ1) is 14.5. The number of benzene rings is 3. The second-order valence-electron chi connectivity index (χ2n) is 8.42. The lowest BCUT2D eigenvalue weighted by Crippen LogP contribution is -2.23. The van der Waals surface area contributed by atoms with Crippen LogP contribution in [0.3, 0.4) is 0 Å². The lowest BCUT2D eigenvalue weighted by Gasteiger charge is -2.35. The monoisotopic (exact) mass is 414 g/mol. The molecule has 1 aliphatic carbocycles. The van der Waals surface area contributed by atoms with Crippen LogP contribution in [0.15, 0.2) is 42.5 Å². The van der Waals surface area contributed by atoms with Gasteiger partial charge in [-0.2, -0.15) is 0 Å².